The van der Waals surface area contributed by atoms with E-state index in [2.05, 4.69) is 5.32 Å². The predicted molar refractivity (Wildman–Crippen MR) is 104 cm³/mol. The van der Waals surface area contributed by atoms with Crippen molar-refractivity contribution in [3.05, 3.63) is 54.1 Å². The van der Waals surface area contributed by atoms with Gasteiger partial charge in [0.25, 0.3) is 0 Å². The van der Waals surface area contributed by atoms with Crippen LogP contribution < -0.4 is 10.1 Å². The van der Waals surface area contributed by atoms with Crippen LogP contribution in [0, 0.1) is 6.92 Å². The quantitative estimate of drug-likeness (QED) is 0.872. The maximum atomic E-state index is 12.9. The van der Waals surface area contributed by atoms with Gasteiger partial charge in [-0.05, 0) is 42.8 Å². The molecule has 0 spiro atoms. The standard InChI is InChI=1S/C19H23N3O4S/c1-15-14-17(8-9-18(15)26-2)27(24,25)22-12-10-21(11-13-22)19(23)20-16-6-4-3-5-7-16/h3-9,14H,10-13H2,1-2H3,(H,20,23). The Hall–Kier alpha value is -2.58. The average molecular weight is 389 g/mol. The SMILES string of the molecule is COc1ccc(S(=O)(=O)N2CCN(C(=O)Nc3ccccc3)CC2)cc1C. The predicted octanol–water partition coefficient (Wildman–Crippen LogP) is 2.54. The number of carbonyl (C=O) groups is 1. The van der Waals surface area contributed by atoms with Crippen molar-refractivity contribution in [3.8, 4) is 5.75 Å². The van der Waals surface area contributed by atoms with Crippen molar-refractivity contribution >= 4 is 21.7 Å². The van der Waals surface area contributed by atoms with Crippen molar-refractivity contribution in [2.45, 2.75) is 11.8 Å². The largest absolute Gasteiger partial charge is 0.496 e. The third kappa shape index (κ3) is 4.23. The first kappa shape index (κ1) is 19.2. The van der Waals surface area contributed by atoms with Crippen LogP contribution in [0.1, 0.15) is 5.56 Å². The van der Waals surface area contributed by atoms with E-state index in [4.69, 9.17) is 4.74 Å². The van der Waals surface area contributed by atoms with Gasteiger partial charge in [-0.2, -0.15) is 4.31 Å². The highest BCUT2D eigenvalue weighted by Gasteiger charge is 2.30. The molecule has 1 aliphatic rings. The molecule has 0 bridgehead atoms. The number of sulfonamides is 1. The molecule has 0 atom stereocenters. The van der Waals surface area contributed by atoms with Gasteiger partial charge in [0, 0.05) is 31.9 Å². The number of benzene rings is 2. The highest BCUT2D eigenvalue weighted by molar-refractivity contribution is 7.89. The van der Waals surface area contributed by atoms with Crippen LogP contribution in [0.5, 0.6) is 5.75 Å². The molecule has 0 radical (unpaired) electrons. The number of nitrogens with one attached hydrogen (secondary N) is 1. The summed E-state index contributed by atoms with van der Waals surface area (Å²) in [5.74, 6) is 0.649. The summed E-state index contributed by atoms with van der Waals surface area (Å²) in [7, 11) is -2.05. The van der Waals surface area contributed by atoms with Crippen LogP contribution in [0.3, 0.4) is 0 Å². The van der Waals surface area contributed by atoms with Crippen LogP contribution in [0.15, 0.2) is 53.4 Å². The fraction of sp³-hybridized carbons (Fsp3) is 0.316. The summed E-state index contributed by atoms with van der Waals surface area (Å²) in [4.78, 5) is 14.2. The highest BCUT2D eigenvalue weighted by atomic mass is 32.2. The molecule has 1 fully saturated rings. The fourth-order valence-corrected chi connectivity index (χ4v) is 4.52. The van der Waals surface area contributed by atoms with Gasteiger partial charge in [0.05, 0.1) is 12.0 Å². The molecule has 0 unspecified atom stereocenters. The lowest BCUT2D eigenvalue weighted by Gasteiger charge is -2.34. The van der Waals surface area contributed by atoms with Gasteiger partial charge in [-0.15, -0.1) is 0 Å². The average Bonchev–Trinajstić information content (AvgIpc) is 2.68. The van der Waals surface area contributed by atoms with Gasteiger partial charge in [-0.3, -0.25) is 0 Å². The van der Waals surface area contributed by atoms with Gasteiger partial charge in [0.1, 0.15) is 5.75 Å². The zero-order chi connectivity index (χ0) is 19.4. The highest BCUT2D eigenvalue weighted by Crippen LogP contribution is 2.24. The zero-order valence-corrected chi connectivity index (χ0v) is 16.2. The number of rotatable bonds is 4. The molecule has 2 aromatic rings. The molecule has 0 saturated carbocycles. The number of hydrogen-bond donors (Lipinski definition) is 1. The summed E-state index contributed by atoms with van der Waals surface area (Å²) in [6.45, 7) is 3.01. The molecular formula is C19H23N3O4S. The molecule has 27 heavy (non-hydrogen) atoms. The maximum Gasteiger partial charge on any atom is 0.321 e. The van der Waals surface area contributed by atoms with Crippen molar-refractivity contribution in [3.63, 3.8) is 0 Å². The summed E-state index contributed by atoms with van der Waals surface area (Å²) in [5, 5.41) is 2.82. The number of aryl methyl sites for hydroxylation is 1. The Labute approximate surface area is 159 Å². The normalized spacial score (nSPS) is 15.4. The van der Waals surface area contributed by atoms with Gasteiger partial charge in [-0.25, -0.2) is 13.2 Å². The van der Waals surface area contributed by atoms with E-state index in [-0.39, 0.29) is 24.0 Å². The second-order valence-electron chi connectivity index (χ2n) is 6.32. The number of amides is 2. The molecule has 0 aliphatic carbocycles. The van der Waals surface area contributed by atoms with Gasteiger partial charge in [0.15, 0.2) is 0 Å². The van der Waals surface area contributed by atoms with Gasteiger partial charge >= 0.3 is 6.03 Å². The molecule has 8 heteroatoms. The van der Waals surface area contributed by atoms with Crippen LogP contribution in [0.2, 0.25) is 0 Å². The van der Waals surface area contributed by atoms with Gasteiger partial charge < -0.3 is 15.0 Å². The van der Waals surface area contributed by atoms with Crippen molar-refractivity contribution in [1.82, 2.24) is 9.21 Å². The summed E-state index contributed by atoms with van der Waals surface area (Å²) in [5.41, 5.74) is 1.48. The van der Waals surface area contributed by atoms with E-state index in [0.717, 1.165) is 5.56 Å². The minimum absolute atomic E-state index is 0.224. The Morgan fingerprint density at radius 1 is 1.04 bits per heavy atom. The molecule has 144 valence electrons. The monoisotopic (exact) mass is 389 g/mol. The number of ether oxygens (including phenoxy) is 1. The van der Waals surface area contributed by atoms with Crippen LogP contribution in [0.25, 0.3) is 0 Å². The second-order valence-corrected chi connectivity index (χ2v) is 8.26. The first-order chi connectivity index (χ1) is 12.9. The van der Waals surface area contributed by atoms with E-state index in [1.165, 1.54) is 4.31 Å². The van der Waals surface area contributed by atoms with E-state index >= 15 is 0 Å². The summed E-state index contributed by atoms with van der Waals surface area (Å²) >= 11 is 0. The Morgan fingerprint density at radius 3 is 2.30 bits per heavy atom. The smallest absolute Gasteiger partial charge is 0.321 e. The number of urea groups is 1. The summed E-state index contributed by atoms with van der Waals surface area (Å²) in [6.07, 6.45) is 0. The summed E-state index contributed by atoms with van der Waals surface area (Å²) < 4.78 is 32.4. The van der Waals surface area contributed by atoms with Crippen LogP contribution in [-0.2, 0) is 10.0 Å². The molecule has 7 nitrogen and oxygen atoms in total. The number of para-hydroxylation sites is 1. The third-order valence-electron chi connectivity index (χ3n) is 4.55. The lowest BCUT2D eigenvalue weighted by Crippen LogP contribution is -2.51. The number of methoxy groups -OCH3 is 1. The first-order valence-corrected chi connectivity index (χ1v) is 10.1. The molecule has 3 rings (SSSR count). The minimum atomic E-state index is -3.60. The molecule has 2 aromatic carbocycles. The van der Waals surface area contributed by atoms with E-state index in [1.54, 1.807) is 30.2 Å². The Kier molecular flexibility index (Phi) is 5.67. The minimum Gasteiger partial charge on any atom is -0.496 e. The lowest BCUT2D eigenvalue weighted by atomic mass is 10.2. The number of piperazine rings is 1. The Morgan fingerprint density at radius 2 is 1.70 bits per heavy atom. The van der Waals surface area contributed by atoms with E-state index in [9.17, 15) is 13.2 Å². The molecular weight excluding hydrogens is 366 g/mol. The number of anilines is 1. The molecule has 1 saturated heterocycles. The zero-order valence-electron chi connectivity index (χ0n) is 15.4. The number of carbonyl (C=O) groups excluding carboxylic acids is 1. The number of nitrogens with zero attached hydrogens (tertiary/aromatic N) is 2. The van der Waals surface area contributed by atoms with Crippen LogP contribution in [0.4, 0.5) is 10.5 Å². The summed E-state index contributed by atoms with van der Waals surface area (Å²) in [6, 6.07) is 13.8. The van der Waals surface area contributed by atoms with E-state index in [0.29, 0.717) is 24.5 Å². The topological polar surface area (TPSA) is 79.0 Å². The van der Waals surface area contributed by atoms with E-state index in [1.807, 2.05) is 37.3 Å². The first-order valence-electron chi connectivity index (χ1n) is 8.67. The molecule has 1 heterocycles. The number of hydrogen-bond acceptors (Lipinski definition) is 4. The maximum absolute atomic E-state index is 12.9. The molecule has 1 N–H and O–H groups in total. The Bertz CT molecular complexity index is 908. The molecule has 0 aromatic heterocycles. The van der Waals surface area contributed by atoms with Gasteiger partial charge in [-0.1, -0.05) is 18.2 Å². The Balaban J connectivity index is 1.64. The van der Waals surface area contributed by atoms with Crippen LogP contribution in [-0.4, -0.2) is 56.9 Å². The van der Waals surface area contributed by atoms with E-state index < -0.39 is 10.0 Å². The van der Waals surface area contributed by atoms with Crippen molar-refractivity contribution < 1.29 is 17.9 Å². The van der Waals surface area contributed by atoms with Crippen molar-refractivity contribution in [1.29, 1.82) is 0 Å². The van der Waals surface area contributed by atoms with Crippen LogP contribution >= 0.6 is 0 Å². The second kappa shape index (κ2) is 7.98. The molecule has 2 amide bonds. The van der Waals surface area contributed by atoms with Gasteiger partial charge in [0.2, 0.25) is 10.0 Å². The third-order valence-corrected chi connectivity index (χ3v) is 6.45. The van der Waals surface area contributed by atoms with Crippen molar-refractivity contribution in [2.24, 2.45) is 0 Å². The lowest BCUT2D eigenvalue weighted by molar-refractivity contribution is 0.184. The fourth-order valence-electron chi connectivity index (χ4n) is 3.02. The van der Waals surface area contributed by atoms with Crippen molar-refractivity contribution in [2.75, 3.05) is 38.6 Å². The molecule has 1 aliphatic heterocycles.